The summed E-state index contributed by atoms with van der Waals surface area (Å²) in [5, 5.41) is 21.6. The predicted molar refractivity (Wildman–Crippen MR) is 68.0 cm³/mol. The van der Waals surface area contributed by atoms with Crippen LogP contribution in [0.25, 0.3) is 0 Å². The van der Waals surface area contributed by atoms with Crippen LogP contribution in [0.1, 0.15) is 12.8 Å². The van der Waals surface area contributed by atoms with Crippen molar-refractivity contribution in [3.8, 4) is 0 Å². The van der Waals surface area contributed by atoms with Crippen LogP contribution in [0.4, 0.5) is 0 Å². The van der Waals surface area contributed by atoms with Crippen LogP contribution in [0, 0.1) is 0 Å². The number of carbonyl (C=O) groups is 4. The number of carboxylic acids is 2. The monoisotopic (exact) mass is 354 g/mol. The van der Waals surface area contributed by atoms with Crippen LogP contribution in [0.5, 0.6) is 0 Å². The molecule has 0 aromatic heterocycles. The fraction of sp³-hybridized carbons (Fsp3) is 0.600. The summed E-state index contributed by atoms with van der Waals surface area (Å²) >= 11 is 2.56. The molecular weight excluding hydrogens is 337 g/mol. The first-order valence-corrected chi connectivity index (χ1v) is 6.84. The molecule has 0 aliphatic heterocycles. The standard InChI is InChI=1S/C10H16N3O6Se/c11-5(10(18)19)1-2-7(14)13-6(4-20)9(17)12-3-8(15)16/h5-6H,1-4,11H2,(H,12,17)(H,13,14)(H,15,16)(H,18,19)/t5-,6+/m0/s1. The van der Waals surface area contributed by atoms with Gasteiger partial charge >= 0.3 is 122 Å². The van der Waals surface area contributed by atoms with Gasteiger partial charge in [0.15, 0.2) is 0 Å². The molecular formula is C10H16N3O6Se. The van der Waals surface area contributed by atoms with Gasteiger partial charge in [0.05, 0.1) is 0 Å². The number of nitrogens with one attached hydrogen (secondary N) is 2. The predicted octanol–water partition coefficient (Wildman–Crippen LogP) is -2.55. The molecule has 2 atom stereocenters. The van der Waals surface area contributed by atoms with Crippen molar-refractivity contribution in [1.82, 2.24) is 10.6 Å². The molecule has 0 aliphatic carbocycles. The van der Waals surface area contributed by atoms with E-state index in [4.69, 9.17) is 15.9 Å². The van der Waals surface area contributed by atoms with Gasteiger partial charge in [0.2, 0.25) is 0 Å². The van der Waals surface area contributed by atoms with Gasteiger partial charge in [0.1, 0.15) is 0 Å². The Morgan fingerprint density at radius 1 is 1.20 bits per heavy atom. The van der Waals surface area contributed by atoms with Crippen LogP contribution in [-0.4, -0.2) is 68.6 Å². The summed E-state index contributed by atoms with van der Waals surface area (Å²) in [7, 11) is 0. The second-order valence-corrected chi connectivity index (χ2v) is 4.58. The van der Waals surface area contributed by atoms with Crippen molar-refractivity contribution in [2.75, 3.05) is 6.54 Å². The molecule has 10 heteroatoms. The Kier molecular flexibility index (Phi) is 8.53. The van der Waals surface area contributed by atoms with Gasteiger partial charge in [0, 0.05) is 0 Å². The van der Waals surface area contributed by atoms with Gasteiger partial charge < -0.3 is 0 Å². The zero-order valence-corrected chi connectivity index (χ0v) is 12.2. The van der Waals surface area contributed by atoms with Crippen LogP contribution in [0.15, 0.2) is 0 Å². The second kappa shape index (κ2) is 9.29. The number of carboxylic acid groups (broad SMARTS) is 2. The van der Waals surface area contributed by atoms with Crippen molar-refractivity contribution in [1.29, 1.82) is 0 Å². The maximum atomic E-state index is 11.5. The molecule has 6 N–H and O–H groups in total. The fourth-order valence-corrected chi connectivity index (χ4v) is 1.64. The summed E-state index contributed by atoms with van der Waals surface area (Å²) in [6, 6.07) is -2.06. The first kappa shape index (κ1) is 18.4. The summed E-state index contributed by atoms with van der Waals surface area (Å²) in [5.41, 5.74) is 5.24. The molecule has 0 bridgehead atoms. The van der Waals surface area contributed by atoms with Crippen LogP contribution < -0.4 is 16.4 Å². The quantitative estimate of drug-likeness (QED) is 0.285. The zero-order valence-electron chi connectivity index (χ0n) is 10.5. The van der Waals surface area contributed by atoms with Gasteiger partial charge in [-0.1, -0.05) is 0 Å². The number of aliphatic carboxylic acids is 2. The van der Waals surface area contributed by atoms with E-state index in [-0.39, 0.29) is 18.2 Å². The van der Waals surface area contributed by atoms with Gasteiger partial charge in [-0.3, -0.25) is 0 Å². The molecule has 0 saturated heterocycles. The molecule has 0 aromatic carbocycles. The summed E-state index contributed by atoms with van der Waals surface area (Å²) in [5.74, 6) is -3.58. The van der Waals surface area contributed by atoms with Crippen LogP contribution in [0.2, 0.25) is 5.32 Å². The van der Waals surface area contributed by atoms with Crippen molar-refractivity contribution in [2.24, 2.45) is 5.73 Å². The first-order chi connectivity index (χ1) is 9.27. The fourth-order valence-electron chi connectivity index (χ4n) is 1.15. The minimum atomic E-state index is -1.21. The SMILES string of the molecule is N[C@@H](CCC(=O)N[C@H](C[Se])C(=O)NCC(=O)O)C(=O)O. The molecule has 2 amide bonds. The number of hydrogen-bond acceptors (Lipinski definition) is 5. The average molecular weight is 353 g/mol. The number of nitrogens with two attached hydrogens (primary N) is 1. The summed E-state index contributed by atoms with van der Waals surface area (Å²) in [4.78, 5) is 43.8. The van der Waals surface area contributed by atoms with E-state index in [2.05, 4.69) is 26.6 Å². The number of hydrogen-bond donors (Lipinski definition) is 5. The van der Waals surface area contributed by atoms with E-state index in [9.17, 15) is 19.2 Å². The van der Waals surface area contributed by atoms with E-state index < -0.39 is 42.4 Å². The Balaban J connectivity index is 4.21. The van der Waals surface area contributed by atoms with Crippen molar-refractivity contribution in [3.63, 3.8) is 0 Å². The van der Waals surface area contributed by atoms with Crippen LogP contribution >= 0.6 is 0 Å². The normalized spacial score (nSPS) is 13.1. The van der Waals surface area contributed by atoms with E-state index in [0.717, 1.165) is 0 Å². The van der Waals surface area contributed by atoms with Crippen molar-refractivity contribution in [2.45, 2.75) is 30.2 Å². The maximum absolute atomic E-state index is 11.5. The average Bonchev–Trinajstić information content (AvgIpc) is 2.38. The molecule has 0 heterocycles. The third-order valence-electron chi connectivity index (χ3n) is 2.23. The molecule has 0 saturated carbocycles. The Labute approximate surface area is 123 Å². The third-order valence-corrected chi connectivity index (χ3v) is 2.93. The van der Waals surface area contributed by atoms with E-state index >= 15 is 0 Å². The number of amides is 2. The molecule has 0 aliphatic rings. The van der Waals surface area contributed by atoms with Gasteiger partial charge in [0.25, 0.3) is 0 Å². The molecule has 1 radical (unpaired) electrons. The Morgan fingerprint density at radius 2 is 1.80 bits per heavy atom. The van der Waals surface area contributed by atoms with Gasteiger partial charge in [-0.05, 0) is 0 Å². The molecule has 20 heavy (non-hydrogen) atoms. The number of carbonyl (C=O) groups excluding carboxylic acids is 2. The van der Waals surface area contributed by atoms with E-state index in [0.29, 0.717) is 0 Å². The summed E-state index contributed by atoms with van der Waals surface area (Å²) in [6.07, 6.45) is -0.200. The van der Waals surface area contributed by atoms with Crippen LogP contribution in [0.3, 0.4) is 0 Å². The van der Waals surface area contributed by atoms with Gasteiger partial charge in [-0.15, -0.1) is 0 Å². The molecule has 113 valence electrons. The van der Waals surface area contributed by atoms with E-state index in [1.807, 2.05) is 0 Å². The summed E-state index contributed by atoms with van der Waals surface area (Å²) in [6.45, 7) is -0.547. The van der Waals surface area contributed by atoms with Crippen molar-refractivity contribution < 1.29 is 29.4 Å². The Morgan fingerprint density at radius 3 is 2.25 bits per heavy atom. The van der Waals surface area contributed by atoms with Gasteiger partial charge in [-0.25, -0.2) is 0 Å². The molecule has 9 nitrogen and oxygen atoms in total. The first-order valence-electron chi connectivity index (χ1n) is 5.63. The van der Waals surface area contributed by atoms with Crippen molar-refractivity contribution in [3.05, 3.63) is 0 Å². The van der Waals surface area contributed by atoms with E-state index in [1.54, 1.807) is 0 Å². The molecule has 0 unspecified atom stereocenters. The van der Waals surface area contributed by atoms with Crippen molar-refractivity contribution >= 4 is 39.8 Å². The Bertz CT molecular complexity index is 389. The molecule has 0 aromatic rings. The zero-order chi connectivity index (χ0) is 15.7. The van der Waals surface area contributed by atoms with Crippen LogP contribution in [-0.2, 0) is 19.2 Å². The molecule has 0 rings (SSSR count). The number of rotatable bonds is 9. The Hall–Kier alpha value is -1.64. The molecule has 0 fully saturated rings. The topological polar surface area (TPSA) is 159 Å². The van der Waals surface area contributed by atoms with Gasteiger partial charge in [-0.2, -0.15) is 0 Å². The third kappa shape index (κ3) is 7.72. The summed E-state index contributed by atoms with van der Waals surface area (Å²) < 4.78 is 0. The second-order valence-electron chi connectivity index (χ2n) is 3.88. The molecule has 0 spiro atoms. The minimum absolute atomic E-state index is 0.0575. The van der Waals surface area contributed by atoms with E-state index in [1.165, 1.54) is 0 Å².